The van der Waals surface area contributed by atoms with E-state index in [0.717, 1.165) is 45.1 Å². The van der Waals surface area contributed by atoms with E-state index in [1.165, 1.54) is 31.6 Å². The first-order chi connectivity index (χ1) is 13.6. The van der Waals surface area contributed by atoms with Crippen molar-refractivity contribution in [3.05, 3.63) is 30.1 Å². The monoisotopic (exact) mass is 393 g/mol. The fourth-order valence-corrected chi connectivity index (χ4v) is 3.18. The molecule has 0 aliphatic carbocycles. The Morgan fingerprint density at radius 2 is 1.96 bits per heavy atom. The van der Waals surface area contributed by atoms with Gasteiger partial charge in [0, 0.05) is 26.2 Å². The fourth-order valence-electron chi connectivity index (χ4n) is 3.18. The summed E-state index contributed by atoms with van der Waals surface area (Å²) < 4.78 is 18.8. The van der Waals surface area contributed by atoms with E-state index in [1.54, 1.807) is 12.1 Å². The van der Waals surface area contributed by atoms with Crippen LogP contribution in [0.3, 0.4) is 0 Å². The van der Waals surface area contributed by atoms with Gasteiger partial charge in [0.15, 0.2) is 5.96 Å². The molecule has 0 radical (unpaired) electrons. The molecular weight excluding hydrogens is 357 g/mol. The lowest BCUT2D eigenvalue weighted by Crippen LogP contribution is -2.39. The maximum atomic E-state index is 13.0. The highest BCUT2D eigenvalue weighted by Crippen LogP contribution is 2.13. The molecule has 0 spiro atoms. The molecule has 0 amide bonds. The normalized spacial score (nSPS) is 17.8. The van der Waals surface area contributed by atoms with Crippen LogP contribution in [0.4, 0.5) is 4.39 Å². The van der Waals surface area contributed by atoms with Crippen LogP contribution in [0.15, 0.2) is 29.3 Å². The van der Waals surface area contributed by atoms with Gasteiger partial charge < -0.3 is 25.2 Å². The van der Waals surface area contributed by atoms with Gasteiger partial charge in [-0.25, -0.2) is 9.38 Å². The number of nitrogens with zero attached hydrogens (tertiary/aromatic N) is 3. The number of hydrogen-bond acceptors (Lipinski definition) is 4. The summed E-state index contributed by atoms with van der Waals surface area (Å²) in [6, 6.07) is 6.08. The third kappa shape index (κ3) is 8.89. The molecule has 2 N–H and O–H groups in total. The van der Waals surface area contributed by atoms with Gasteiger partial charge in [-0.1, -0.05) is 0 Å². The summed E-state index contributed by atoms with van der Waals surface area (Å²) in [4.78, 5) is 9.57. The van der Waals surface area contributed by atoms with Crippen molar-refractivity contribution in [2.45, 2.75) is 32.8 Å². The molecular formula is C21H36FN5O. The van der Waals surface area contributed by atoms with Gasteiger partial charge in [0.25, 0.3) is 0 Å². The highest BCUT2D eigenvalue weighted by atomic mass is 19.1. The molecule has 1 fully saturated rings. The van der Waals surface area contributed by atoms with Crippen LogP contribution in [0.2, 0.25) is 0 Å². The maximum absolute atomic E-state index is 13.0. The van der Waals surface area contributed by atoms with Crippen molar-refractivity contribution in [3.8, 4) is 5.75 Å². The van der Waals surface area contributed by atoms with Crippen LogP contribution in [-0.2, 0) is 0 Å². The molecule has 28 heavy (non-hydrogen) atoms. The van der Waals surface area contributed by atoms with Crippen LogP contribution < -0.4 is 15.4 Å². The van der Waals surface area contributed by atoms with E-state index < -0.39 is 0 Å². The van der Waals surface area contributed by atoms with Crippen molar-refractivity contribution in [1.29, 1.82) is 0 Å². The molecule has 1 heterocycles. The van der Waals surface area contributed by atoms with Crippen molar-refractivity contribution in [2.24, 2.45) is 4.99 Å². The quantitative estimate of drug-likeness (QED) is 0.383. The van der Waals surface area contributed by atoms with Crippen LogP contribution in [0.5, 0.6) is 5.75 Å². The number of likely N-dealkylation sites (N-methyl/N-ethyl adjacent to an activating group) is 1. The van der Waals surface area contributed by atoms with Gasteiger partial charge in [-0.2, -0.15) is 0 Å². The average Bonchev–Trinajstić information content (AvgIpc) is 2.89. The molecule has 2 rings (SSSR count). The van der Waals surface area contributed by atoms with Crippen LogP contribution in [0.25, 0.3) is 0 Å². The first-order valence-corrected chi connectivity index (χ1v) is 10.4. The SMILES string of the molecule is CCNC(=NCC(C)Oc1ccc(F)cc1)NCCCN1CCCN(C)CC1. The summed E-state index contributed by atoms with van der Waals surface area (Å²) in [6.07, 6.45) is 2.26. The number of aliphatic imine (C=N–C) groups is 1. The fraction of sp³-hybridized carbons (Fsp3) is 0.667. The van der Waals surface area contributed by atoms with E-state index in [0.29, 0.717) is 12.3 Å². The molecule has 1 aliphatic heterocycles. The second kappa shape index (κ2) is 12.6. The maximum Gasteiger partial charge on any atom is 0.191 e. The lowest BCUT2D eigenvalue weighted by Gasteiger charge is -2.20. The van der Waals surface area contributed by atoms with E-state index >= 15 is 0 Å². The predicted molar refractivity (Wildman–Crippen MR) is 114 cm³/mol. The van der Waals surface area contributed by atoms with Gasteiger partial charge in [0.2, 0.25) is 0 Å². The highest BCUT2D eigenvalue weighted by Gasteiger charge is 2.11. The lowest BCUT2D eigenvalue weighted by atomic mass is 10.3. The molecule has 158 valence electrons. The number of halogens is 1. The summed E-state index contributed by atoms with van der Waals surface area (Å²) in [5.74, 6) is 1.21. The summed E-state index contributed by atoms with van der Waals surface area (Å²) in [6.45, 7) is 12.1. The topological polar surface area (TPSA) is 52.1 Å². The van der Waals surface area contributed by atoms with E-state index in [-0.39, 0.29) is 11.9 Å². The van der Waals surface area contributed by atoms with Gasteiger partial charge in [0.1, 0.15) is 17.7 Å². The second-order valence-electron chi connectivity index (χ2n) is 7.38. The number of guanidine groups is 1. The Balaban J connectivity index is 1.69. The first-order valence-electron chi connectivity index (χ1n) is 10.4. The zero-order chi connectivity index (χ0) is 20.2. The molecule has 1 aromatic rings. The predicted octanol–water partition coefficient (Wildman–Crippen LogP) is 2.18. The van der Waals surface area contributed by atoms with Crippen molar-refractivity contribution in [3.63, 3.8) is 0 Å². The van der Waals surface area contributed by atoms with Gasteiger partial charge >= 0.3 is 0 Å². The minimum absolute atomic E-state index is 0.0880. The largest absolute Gasteiger partial charge is 0.489 e. The van der Waals surface area contributed by atoms with Crippen LogP contribution in [-0.4, -0.2) is 81.3 Å². The Kier molecular flexibility index (Phi) is 10.1. The molecule has 1 saturated heterocycles. The summed E-state index contributed by atoms with van der Waals surface area (Å²) in [5.41, 5.74) is 0. The summed E-state index contributed by atoms with van der Waals surface area (Å²) >= 11 is 0. The Morgan fingerprint density at radius 3 is 2.71 bits per heavy atom. The third-order valence-electron chi connectivity index (χ3n) is 4.76. The van der Waals surface area contributed by atoms with Crippen LogP contribution in [0, 0.1) is 5.82 Å². The average molecular weight is 394 g/mol. The van der Waals surface area contributed by atoms with Gasteiger partial charge in [0.05, 0.1) is 6.54 Å². The first kappa shape index (κ1) is 22.4. The Morgan fingerprint density at radius 1 is 1.18 bits per heavy atom. The zero-order valence-electron chi connectivity index (χ0n) is 17.6. The summed E-state index contributed by atoms with van der Waals surface area (Å²) in [5, 5.41) is 6.69. The van der Waals surface area contributed by atoms with E-state index in [1.807, 2.05) is 6.92 Å². The van der Waals surface area contributed by atoms with Crippen LogP contribution in [0.1, 0.15) is 26.7 Å². The molecule has 1 aromatic carbocycles. The molecule has 1 atom stereocenters. The van der Waals surface area contributed by atoms with Gasteiger partial charge in [-0.3, -0.25) is 0 Å². The van der Waals surface area contributed by atoms with Crippen molar-refractivity contribution in [2.75, 3.05) is 59.4 Å². The molecule has 0 aromatic heterocycles. The number of hydrogen-bond donors (Lipinski definition) is 2. The smallest absolute Gasteiger partial charge is 0.191 e. The minimum Gasteiger partial charge on any atom is -0.489 e. The molecule has 0 saturated carbocycles. The zero-order valence-corrected chi connectivity index (χ0v) is 17.6. The van der Waals surface area contributed by atoms with Crippen molar-refractivity contribution in [1.82, 2.24) is 20.4 Å². The number of benzene rings is 1. The van der Waals surface area contributed by atoms with Crippen molar-refractivity contribution >= 4 is 5.96 Å². The Bertz CT molecular complexity index is 581. The molecule has 1 unspecified atom stereocenters. The third-order valence-corrected chi connectivity index (χ3v) is 4.76. The van der Waals surface area contributed by atoms with E-state index in [4.69, 9.17) is 4.74 Å². The second-order valence-corrected chi connectivity index (χ2v) is 7.38. The van der Waals surface area contributed by atoms with Gasteiger partial charge in [-0.15, -0.1) is 0 Å². The van der Waals surface area contributed by atoms with E-state index in [2.05, 4.69) is 39.4 Å². The Labute approximate surface area is 169 Å². The number of rotatable bonds is 9. The molecule has 6 nitrogen and oxygen atoms in total. The Hall–Kier alpha value is -1.86. The minimum atomic E-state index is -0.260. The molecule has 1 aliphatic rings. The highest BCUT2D eigenvalue weighted by molar-refractivity contribution is 5.79. The lowest BCUT2D eigenvalue weighted by molar-refractivity contribution is 0.230. The van der Waals surface area contributed by atoms with E-state index in [9.17, 15) is 4.39 Å². The van der Waals surface area contributed by atoms with Gasteiger partial charge in [-0.05, 0) is 77.6 Å². The molecule has 7 heteroatoms. The molecule has 0 bridgehead atoms. The summed E-state index contributed by atoms with van der Waals surface area (Å²) in [7, 11) is 2.20. The number of ether oxygens (including phenoxy) is 1. The van der Waals surface area contributed by atoms with Crippen molar-refractivity contribution < 1.29 is 9.13 Å². The van der Waals surface area contributed by atoms with Crippen LogP contribution >= 0.6 is 0 Å². The number of nitrogens with one attached hydrogen (secondary N) is 2. The standard InChI is InChI=1S/C21H36FN5O/c1-4-23-21(24-11-5-13-27-14-6-12-26(3)15-16-27)25-17-18(2)28-20-9-7-19(22)8-10-20/h7-10,18H,4-6,11-17H2,1-3H3,(H2,23,24,25).